The molecule has 2 aromatic rings. The van der Waals surface area contributed by atoms with Gasteiger partial charge in [0.05, 0.1) is 5.69 Å². The fraction of sp³-hybridized carbons (Fsp3) is 0.444. The van der Waals surface area contributed by atoms with Gasteiger partial charge in [-0.3, -0.25) is 4.68 Å². The van der Waals surface area contributed by atoms with Gasteiger partial charge in [0, 0.05) is 5.69 Å². The van der Waals surface area contributed by atoms with Crippen LogP contribution in [0.2, 0.25) is 0 Å². The zero-order chi connectivity index (χ0) is 10.1. The molecule has 0 aliphatic carbocycles. The van der Waals surface area contributed by atoms with Gasteiger partial charge in [0.25, 0.3) is 0 Å². The number of rotatable bonds is 2. The van der Waals surface area contributed by atoms with E-state index in [2.05, 4.69) is 15.2 Å². The molecule has 0 aliphatic rings. The van der Waals surface area contributed by atoms with Crippen molar-refractivity contribution < 1.29 is 4.52 Å². The van der Waals surface area contributed by atoms with Crippen LogP contribution in [0.15, 0.2) is 10.6 Å². The lowest BCUT2D eigenvalue weighted by atomic mass is 10.4. The Labute approximate surface area is 81.7 Å². The Bertz CT molecular complexity index is 443. The lowest BCUT2D eigenvalue weighted by Crippen LogP contribution is -2.04. The third-order valence-corrected chi connectivity index (χ3v) is 1.96. The molecule has 2 aromatic heterocycles. The van der Waals surface area contributed by atoms with Gasteiger partial charge >= 0.3 is 0 Å². The Morgan fingerprint density at radius 2 is 2.14 bits per heavy atom. The van der Waals surface area contributed by atoms with Crippen LogP contribution in [-0.4, -0.2) is 19.9 Å². The van der Waals surface area contributed by atoms with E-state index in [0.717, 1.165) is 11.4 Å². The van der Waals surface area contributed by atoms with Gasteiger partial charge < -0.3 is 4.52 Å². The van der Waals surface area contributed by atoms with Crippen LogP contribution in [0.1, 0.15) is 23.1 Å². The molecule has 0 fully saturated rings. The average molecular weight is 192 g/mol. The van der Waals surface area contributed by atoms with E-state index in [9.17, 15) is 0 Å². The number of aromatic nitrogens is 4. The maximum Gasteiger partial charge on any atom is 0.248 e. The van der Waals surface area contributed by atoms with E-state index in [0.29, 0.717) is 18.3 Å². The van der Waals surface area contributed by atoms with Crippen molar-refractivity contribution in [3.8, 4) is 0 Å². The van der Waals surface area contributed by atoms with Gasteiger partial charge in [0.15, 0.2) is 5.82 Å². The first-order valence-corrected chi connectivity index (χ1v) is 4.45. The second-order valence-corrected chi connectivity index (χ2v) is 3.32. The molecule has 0 saturated heterocycles. The molecule has 0 saturated carbocycles. The molecule has 2 rings (SSSR count). The molecule has 0 unspecified atom stereocenters. The first-order valence-electron chi connectivity index (χ1n) is 4.45. The van der Waals surface area contributed by atoms with Gasteiger partial charge in [-0.15, -0.1) is 0 Å². The van der Waals surface area contributed by atoms with E-state index in [1.807, 2.05) is 24.6 Å². The molecular weight excluding hydrogens is 180 g/mol. The van der Waals surface area contributed by atoms with Gasteiger partial charge in [0.2, 0.25) is 5.89 Å². The predicted octanol–water partition coefficient (Wildman–Crippen LogP) is 1.24. The van der Waals surface area contributed by atoms with Crippen molar-refractivity contribution in [1.82, 2.24) is 19.9 Å². The lowest BCUT2D eigenvalue weighted by molar-refractivity contribution is 0.361. The third-order valence-electron chi connectivity index (χ3n) is 1.96. The molecule has 0 radical (unpaired) electrons. The van der Waals surface area contributed by atoms with E-state index in [1.54, 1.807) is 6.92 Å². The van der Waals surface area contributed by atoms with Crippen molar-refractivity contribution in [2.45, 2.75) is 27.3 Å². The standard InChI is InChI=1S/C9H12N4O/c1-6-4-7(2)13(11-6)5-9-10-8(3)12-14-9/h4H,5H2,1-3H3. The average Bonchev–Trinajstić information content (AvgIpc) is 2.61. The highest BCUT2D eigenvalue weighted by Gasteiger charge is 2.06. The smallest absolute Gasteiger partial charge is 0.248 e. The van der Waals surface area contributed by atoms with Crippen molar-refractivity contribution in [2.75, 3.05) is 0 Å². The number of hydrogen-bond acceptors (Lipinski definition) is 4. The van der Waals surface area contributed by atoms with E-state index in [4.69, 9.17) is 4.52 Å². The summed E-state index contributed by atoms with van der Waals surface area (Å²) in [6.45, 7) is 6.31. The molecule has 0 atom stereocenters. The van der Waals surface area contributed by atoms with Crippen molar-refractivity contribution in [3.63, 3.8) is 0 Å². The fourth-order valence-electron chi connectivity index (χ4n) is 1.37. The van der Waals surface area contributed by atoms with Gasteiger partial charge in [-0.2, -0.15) is 10.1 Å². The summed E-state index contributed by atoms with van der Waals surface area (Å²) in [5.74, 6) is 1.25. The Balaban J connectivity index is 2.22. The first-order chi connectivity index (χ1) is 6.65. The Morgan fingerprint density at radius 3 is 2.64 bits per heavy atom. The normalized spacial score (nSPS) is 10.8. The Kier molecular flexibility index (Phi) is 2.07. The van der Waals surface area contributed by atoms with Crippen LogP contribution in [0.25, 0.3) is 0 Å². The molecule has 0 amide bonds. The molecule has 0 spiro atoms. The molecule has 0 aromatic carbocycles. The van der Waals surface area contributed by atoms with Crippen LogP contribution >= 0.6 is 0 Å². The molecular formula is C9H12N4O. The van der Waals surface area contributed by atoms with Gasteiger partial charge in [-0.25, -0.2) is 0 Å². The minimum atomic E-state index is 0.542. The highest BCUT2D eigenvalue weighted by atomic mass is 16.5. The molecule has 14 heavy (non-hydrogen) atoms. The minimum absolute atomic E-state index is 0.542. The third kappa shape index (κ3) is 1.66. The maximum absolute atomic E-state index is 5.01. The zero-order valence-electron chi connectivity index (χ0n) is 8.48. The summed E-state index contributed by atoms with van der Waals surface area (Å²) in [7, 11) is 0. The van der Waals surface area contributed by atoms with Gasteiger partial charge in [-0.05, 0) is 26.8 Å². The summed E-state index contributed by atoms with van der Waals surface area (Å²) in [4.78, 5) is 4.12. The summed E-state index contributed by atoms with van der Waals surface area (Å²) >= 11 is 0. The molecule has 0 aliphatic heterocycles. The van der Waals surface area contributed by atoms with E-state index >= 15 is 0 Å². The molecule has 0 bridgehead atoms. The summed E-state index contributed by atoms with van der Waals surface area (Å²) in [6.07, 6.45) is 0. The van der Waals surface area contributed by atoms with E-state index in [-0.39, 0.29) is 0 Å². The second kappa shape index (κ2) is 3.25. The summed E-state index contributed by atoms with van der Waals surface area (Å²) in [6, 6.07) is 2.02. The Hall–Kier alpha value is -1.65. The molecule has 0 N–H and O–H groups in total. The summed E-state index contributed by atoms with van der Waals surface area (Å²) in [5.41, 5.74) is 2.09. The zero-order valence-corrected chi connectivity index (χ0v) is 8.48. The van der Waals surface area contributed by atoms with Crippen LogP contribution in [0, 0.1) is 20.8 Å². The number of hydrogen-bond donors (Lipinski definition) is 0. The lowest BCUT2D eigenvalue weighted by Gasteiger charge is -1.98. The molecule has 5 heteroatoms. The summed E-state index contributed by atoms with van der Waals surface area (Å²) in [5, 5.41) is 8.03. The topological polar surface area (TPSA) is 56.7 Å². The van der Waals surface area contributed by atoms with Crippen LogP contribution < -0.4 is 0 Å². The van der Waals surface area contributed by atoms with Crippen LogP contribution in [0.3, 0.4) is 0 Å². The predicted molar refractivity (Wildman–Crippen MR) is 49.8 cm³/mol. The quantitative estimate of drug-likeness (QED) is 0.718. The highest BCUT2D eigenvalue weighted by molar-refractivity contribution is 5.07. The first kappa shape index (κ1) is 8.93. The van der Waals surface area contributed by atoms with Crippen molar-refractivity contribution in [2.24, 2.45) is 0 Å². The molecule has 5 nitrogen and oxygen atoms in total. The van der Waals surface area contributed by atoms with Gasteiger partial charge in [-0.1, -0.05) is 5.16 Å². The van der Waals surface area contributed by atoms with Crippen molar-refractivity contribution in [3.05, 3.63) is 29.2 Å². The van der Waals surface area contributed by atoms with E-state index in [1.165, 1.54) is 0 Å². The fourth-order valence-corrected chi connectivity index (χ4v) is 1.37. The minimum Gasteiger partial charge on any atom is -0.337 e. The number of aryl methyl sites for hydroxylation is 3. The molecule has 2 heterocycles. The SMILES string of the molecule is Cc1cc(C)n(Cc2nc(C)no2)n1. The largest absolute Gasteiger partial charge is 0.337 e. The van der Waals surface area contributed by atoms with Crippen molar-refractivity contribution >= 4 is 0 Å². The highest BCUT2D eigenvalue weighted by Crippen LogP contribution is 2.05. The van der Waals surface area contributed by atoms with Crippen LogP contribution in [0.4, 0.5) is 0 Å². The Morgan fingerprint density at radius 1 is 1.36 bits per heavy atom. The van der Waals surface area contributed by atoms with Crippen molar-refractivity contribution in [1.29, 1.82) is 0 Å². The second-order valence-electron chi connectivity index (χ2n) is 3.32. The van der Waals surface area contributed by atoms with Crippen LogP contribution in [0.5, 0.6) is 0 Å². The monoisotopic (exact) mass is 192 g/mol. The number of nitrogens with zero attached hydrogens (tertiary/aromatic N) is 4. The van der Waals surface area contributed by atoms with Gasteiger partial charge in [0.1, 0.15) is 6.54 Å². The molecule has 74 valence electrons. The van der Waals surface area contributed by atoms with E-state index < -0.39 is 0 Å². The van der Waals surface area contributed by atoms with Crippen LogP contribution in [-0.2, 0) is 6.54 Å². The summed E-state index contributed by atoms with van der Waals surface area (Å²) < 4.78 is 6.86. The maximum atomic E-state index is 5.01.